The number of nitriles is 2. The largest absolute Gasteiger partial charge is 0.475 e. The summed E-state index contributed by atoms with van der Waals surface area (Å²) in [6.45, 7) is 12.5. The number of nitrogens with one attached hydrogen (secondary N) is 3. The second kappa shape index (κ2) is 42.8. The summed E-state index contributed by atoms with van der Waals surface area (Å²) in [5, 5.41) is 38.8. The van der Waals surface area contributed by atoms with Crippen LogP contribution in [0.1, 0.15) is 68.2 Å². The van der Waals surface area contributed by atoms with E-state index in [4.69, 9.17) is 48.1 Å². The lowest BCUT2D eigenvalue weighted by molar-refractivity contribution is -0.118. The fraction of sp³-hybridized carbons (Fsp3) is 0.412. The van der Waals surface area contributed by atoms with Crippen molar-refractivity contribution >= 4 is 94.4 Å². The maximum absolute atomic E-state index is 13.3. The molecule has 1 unspecified atom stereocenters. The van der Waals surface area contributed by atoms with Crippen molar-refractivity contribution in [1.82, 2.24) is 15.9 Å². The van der Waals surface area contributed by atoms with Crippen LogP contribution in [0.3, 0.4) is 0 Å². The smallest absolute Gasteiger partial charge is 0.377 e. The van der Waals surface area contributed by atoms with Gasteiger partial charge in [-0.25, -0.2) is 19.7 Å². The first kappa shape index (κ1) is 78.2. The van der Waals surface area contributed by atoms with Crippen LogP contribution < -0.4 is 31.6 Å². The van der Waals surface area contributed by atoms with Crippen molar-refractivity contribution < 1.29 is 65.6 Å². The average molecular weight is 1410 g/mol. The van der Waals surface area contributed by atoms with Crippen LogP contribution in [0.15, 0.2) is 145 Å². The van der Waals surface area contributed by atoms with E-state index in [1.165, 1.54) is 55.2 Å². The topological polar surface area (TPSA) is 288 Å². The summed E-state index contributed by atoms with van der Waals surface area (Å²) in [7, 11) is -7.77. The third-order valence-electron chi connectivity index (χ3n) is 14.0. The molecule has 508 valence electrons. The molecule has 26 heteroatoms. The Hall–Kier alpha value is -6.48. The third kappa shape index (κ3) is 29.7. The SMILES string of the molecule is C.C[Si](C)(C)Br.N#C/C(=C\c1ccc2cc(N3CCCCC3)ccc2c1)C(=O)NCCOCCOCCOP(=O)(NO)ON.N#C/C(=C\c1ccc2cc(N3CCCCC3)ccc2c1)C(=O)NCCOCCOCCOP(=O)(OCc1ccccc1)OCc1ccccc1. The molecule has 2 aliphatic rings. The summed E-state index contributed by atoms with van der Waals surface area (Å²) in [4.78, 5) is 29.9. The number of carbonyl (C=O) groups excluding carboxylic acids is 2. The van der Waals surface area contributed by atoms with E-state index in [-0.39, 0.29) is 111 Å². The number of hydrogen-bond donors (Lipinski definition) is 5. The van der Waals surface area contributed by atoms with Gasteiger partial charge in [0.05, 0.1) is 79.3 Å². The Morgan fingerprint density at radius 3 is 1.29 bits per heavy atom. The number of carbonyl (C=O) groups is 2. The number of fused-ring (bicyclic) bond motifs is 2. The van der Waals surface area contributed by atoms with E-state index in [0.717, 1.165) is 70.0 Å². The lowest BCUT2D eigenvalue weighted by atomic mass is 10.0. The van der Waals surface area contributed by atoms with E-state index in [9.17, 15) is 29.2 Å². The van der Waals surface area contributed by atoms with Gasteiger partial charge < -0.3 is 44.6 Å². The van der Waals surface area contributed by atoms with Gasteiger partial charge in [0.2, 0.25) is 0 Å². The number of phosphoric ester groups is 1. The Morgan fingerprint density at radius 2 is 0.904 bits per heavy atom. The highest BCUT2D eigenvalue weighted by Crippen LogP contribution is 2.51. The van der Waals surface area contributed by atoms with Gasteiger partial charge in [0.15, 0.2) is 0 Å². The molecule has 6 aromatic rings. The van der Waals surface area contributed by atoms with Crippen LogP contribution in [-0.4, -0.2) is 129 Å². The predicted octanol–water partition coefficient (Wildman–Crippen LogP) is 13.2. The summed E-state index contributed by atoms with van der Waals surface area (Å²) in [6, 6.07) is 47.4. The maximum Gasteiger partial charge on any atom is 0.475 e. The molecule has 0 aliphatic carbocycles. The fourth-order valence-corrected chi connectivity index (χ4v) is 11.0. The van der Waals surface area contributed by atoms with Crippen molar-refractivity contribution in [2.45, 2.75) is 78.8 Å². The van der Waals surface area contributed by atoms with Gasteiger partial charge in [0.25, 0.3) is 11.8 Å². The fourth-order valence-electron chi connectivity index (χ4n) is 9.39. The van der Waals surface area contributed by atoms with Crippen LogP contribution in [-0.2, 0) is 73.6 Å². The summed E-state index contributed by atoms with van der Waals surface area (Å²) in [6.07, 6.45) is 10.7. The van der Waals surface area contributed by atoms with Crippen molar-refractivity contribution in [2.24, 2.45) is 5.90 Å². The molecule has 8 rings (SSSR count). The molecule has 2 heterocycles. The van der Waals surface area contributed by atoms with E-state index in [1.807, 2.05) is 109 Å². The normalized spacial score (nSPS) is 14.3. The quantitative estimate of drug-likeness (QED) is 0.00477. The van der Waals surface area contributed by atoms with Crippen LogP contribution >= 0.6 is 30.9 Å². The Bertz CT molecular complexity index is 3450. The number of anilines is 2. The maximum atomic E-state index is 13.3. The van der Waals surface area contributed by atoms with E-state index in [1.54, 1.807) is 12.2 Å². The molecule has 22 nitrogen and oxygen atoms in total. The number of ether oxygens (including phenoxy) is 4. The molecule has 0 spiro atoms. The second-order valence-electron chi connectivity index (χ2n) is 22.4. The third-order valence-corrected chi connectivity index (χ3v) is 16.4. The zero-order chi connectivity index (χ0) is 66.6. The molecule has 2 saturated heterocycles. The zero-order valence-electron chi connectivity index (χ0n) is 53.2. The average Bonchev–Trinajstić information content (AvgIpc) is 0.829. The van der Waals surface area contributed by atoms with Crippen LogP contribution in [0.25, 0.3) is 33.7 Å². The van der Waals surface area contributed by atoms with Crippen molar-refractivity contribution in [3.05, 3.63) is 167 Å². The second-order valence-corrected chi connectivity index (χ2v) is 37.0. The lowest BCUT2D eigenvalue weighted by Crippen LogP contribution is -2.29. The summed E-state index contributed by atoms with van der Waals surface area (Å²) >= 11 is 3.51. The number of rotatable bonds is 34. The van der Waals surface area contributed by atoms with Crippen LogP contribution in [0, 0.1) is 22.7 Å². The number of benzene rings is 6. The molecule has 2 amide bonds. The Labute approximate surface area is 562 Å². The molecule has 2 aliphatic heterocycles. The van der Waals surface area contributed by atoms with Crippen LogP contribution in [0.5, 0.6) is 0 Å². The number of hydrogen-bond acceptors (Lipinski definition) is 19. The van der Waals surface area contributed by atoms with E-state index < -0.39 is 34.1 Å². The first-order chi connectivity index (χ1) is 45.0. The summed E-state index contributed by atoms with van der Waals surface area (Å²) in [5.41, 5.74) is 5.74. The standard InChI is InChI=1S/C39H44N3O7P.C25H34N5O7P.C3H9BrSi.CH4/c40-29-37(27-34-14-15-36-28-38(17-16-35(36)26-34)42-19-8-3-9-20-42)39(43)41-18-21-45-22-23-46-24-25-47-50(44,48-30-32-10-4-1-5-11-32)49-31-33-12-6-2-7-13-33;26-19-23(25(31)28-8-11-34-12-13-35-14-15-36-38(33,29-32)37-27)17-20-4-5-22-18-24(7-6-21(22)16-20)30-9-2-1-3-10-30;1-5(2,3)4;/h1-2,4-7,10-17,26-28H,3,8-9,18-25,30-31H2,(H,41,43);4-7,16-18,32H,1-3,8-15,27H2,(H,28,31)(H,29,33);1-3H3;1H4/b37-27+;23-17+;;. The molecule has 1 atom stereocenters. The van der Waals surface area contributed by atoms with Crippen LogP contribution in [0.4, 0.5) is 11.4 Å². The number of phosphoric acid groups is 1. The molecule has 0 saturated carbocycles. The molecule has 6 aromatic carbocycles. The number of halogens is 1. The molecular formula is C68H91BrN8O14P2Si. The van der Waals surface area contributed by atoms with E-state index in [0.29, 0.717) is 0 Å². The first-order valence-electron chi connectivity index (χ1n) is 31.0. The minimum Gasteiger partial charge on any atom is -0.377 e. The van der Waals surface area contributed by atoms with Gasteiger partial charge in [-0.3, -0.25) is 27.7 Å². The van der Waals surface area contributed by atoms with Gasteiger partial charge in [-0.05, 0) is 131 Å². The van der Waals surface area contributed by atoms with E-state index in [2.05, 4.69) is 96.4 Å². The number of amides is 2. The Morgan fingerprint density at radius 1 is 0.543 bits per heavy atom. The van der Waals surface area contributed by atoms with Crippen LogP contribution in [0.2, 0.25) is 19.6 Å². The Kier molecular flexibility index (Phi) is 35.7. The van der Waals surface area contributed by atoms with Gasteiger partial charge in [-0.2, -0.15) is 10.5 Å². The van der Waals surface area contributed by atoms with Crippen molar-refractivity contribution in [2.75, 3.05) is 115 Å². The minimum atomic E-state index is -3.91. The first-order valence-corrected chi connectivity index (χ1v) is 39.8. The monoisotopic (exact) mass is 1410 g/mol. The molecule has 2 fully saturated rings. The number of piperidine rings is 2. The number of nitrogens with two attached hydrogens (primary N) is 1. The van der Waals surface area contributed by atoms with E-state index >= 15 is 0 Å². The molecule has 94 heavy (non-hydrogen) atoms. The van der Waals surface area contributed by atoms with Crippen molar-refractivity contribution in [1.29, 1.82) is 10.5 Å². The van der Waals surface area contributed by atoms with Gasteiger partial charge in [0, 0.05) is 50.6 Å². The highest BCUT2D eigenvalue weighted by Gasteiger charge is 2.27. The van der Waals surface area contributed by atoms with Gasteiger partial charge in [0.1, 0.15) is 30.0 Å². The van der Waals surface area contributed by atoms with Crippen molar-refractivity contribution in [3.63, 3.8) is 0 Å². The molecule has 0 radical (unpaired) electrons. The predicted molar refractivity (Wildman–Crippen MR) is 375 cm³/mol. The highest BCUT2D eigenvalue weighted by atomic mass is 79.9. The molecule has 0 aromatic heterocycles. The van der Waals surface area contributed by atoms with Crippen molar-refractivity contribution in [3.8, 4) is 12.1 Å². The lowest BCUT2D eigenvalue weighted by Gasteiger charge is -2.29. The van der Waals surface area contributed by atoms with Gasteiger partial charge in [-0.15, -0.1) is 20.5 Å². The Balaban J connectivity index is 0.000000324. The van der Waals surface area contributed by atoms with Gasteiger partial charge in [-0.1, -0.05) is 124 Å². The molecule has 0 bridgehead atoms. The zero-order valence-corrected chi connectivity index (χ0v) is 57.6. The van der Waals surface area contributed by atoms with Gasteiger partial charge >= 0.3 is 15.6 Å². The molecular weight excluding hydrogens is 1320 g/mol. The highest BCUT2D eigenvalue weighted by molar-refractivity contribution is 9.26. The summed E-state index contributed by atoms with van der Waals surface area (Å²) in [5.74, 6) is 3.80. The minimum absolute atomic E-state index is 0. The summed E-state index contributed by atoms with van der Waals surface area (Å²) < 4.78 is 71.9. The molecule has 6 N–H and O–H groups in total. The number of nitrogens with zero attached hydrogens (tertiary/aromatic N) is 4.